The van der Waals surface area contributed by atoms with Gasteiger partial charge < -0.3 is 10.5 Å². The Morgan fingerprint density at radius 3 is 2.81 bits per heavy atom. The topological polar surface area (TPSA) is 65.2 Å². The van der Waals surface area contributed by atoms with E-state index in [2.05, 4.69) is 4.98 Å². The molecule has 0 aliphatic heterocycles. The first-order chi connectivity index (χ1) is 7.45. The van der Waals surface area contributed by atoms with Crippen LogP contribution in [0.1, 0.15) is 30.0 Å². The molecule has 0 aliphatic rings. The second kappa shape index (κ2) is 5.42. The number of esters is 1. The van der Waals surface area contributed by atoms with Crippen LogP contribution in [0, 0.1) is 5.82 Å². The molecule has 0 aliphatic carbocycles. The average molecular weight is 338 g/mol. The highest BCUT2D eigenvalue weighted by molar-refractivity contribution is 14.1. The standard InChI is InChI=1S/C10H12FIN2O2/c1-5(2)16-10(15)7-3-6(13)9(11)8(4-12)14-7/h3,5H,4H2,1-2H3,(H2,13,14). The number of nitrogens with two attached hydrogens (primary N) is 1. The molecule has 0 unspecified atom stereocenters. The zero-order valence-electron chi connectivity index (χ0n) is 8.96. The van der Waals surface area contributed by atoms with Crippen molar-refractivity contribution in [1.29, 1.82) is 0 Å². The largest absolute Gasteiger partial charge is 0.458 e. The van der Waals surface area contributed by atoms with Crippen molar-refractivity contribution in [2.24, 2.45) is 0 Å². The Labute approximate surface area is 107 Å². The predicted molar refractivity (Wildman–Crippen MR) is 66.9 cm³/mol. The number of nitrogen functional groups attached to an aromatic ring is 1. The minimum Gasteiger partial charge on any atom is -0.458 e. The van der Waals surface area contributed by atoms with Crippen LogP contribution in [0.5, 0.6) is 0 Å². The lowest BCUT2D eigenvalue weighted by Crippen LogP contribution is -2.15. The Bertz CT molecular complexity index is 410. The van der Waals surface area contributed by atoms with Gasteiger partial charge in [-0.2, -0.15) is 0 Å². The normalized spacial score (nSPS) is 10.6. The van der Waals surface area contributed by atoms with Gasteiger partial charge in [0.05, 0.1) is 17.5 Å². The lowest BCUT2D eigenvalue weighted by Gasteiger charge is -2.09. The summed E-state index contributed by atoms with van der Waals surface area (Å²) in [7, 11) is 0. The van der Waals surface area contributed by atoms with E-state index in [-0.39, 0.29) is 23.2 Å². The van der Waals surface area contributed by atoms with E-state index >= 15 is 0 Å². The van der Waals surface area contributed by atoms with Gasteiger partial charge in [0.15, 0.2) is 11.5 Å². The molecule has 0 saturated heterocycles. The number of hydrogen-bond acceptors (Lipinski definition) is 4. The maximum absolute atomic E-state index is 13.4. The number of anilines is 1. The Kier molecular flexibility index (Phi) is 4.45. The predicted octanol–water partition coefficient (Wildman–Crippen LogP) is 2.30. The molecule has 0 bridgehead atoms. The zero-order chi connectivity index (χ0) is 12.3. The monoisotopic (exact) mass is 338 g/mol. The molecule has 0 aromatic carbocycles. The van der Waals surface area contributed by atoms with Crippen molar-refractivity contribution < 1.29 is 13.9 Å². The minimum absolute atomic E-state index is 0.0410. The first-order valence-corrected chi connectivity index (χ1v) is 6.20. The summed E-state index contributed by atoms with van der Waals surface area (Å²) >= 11 is 1.95. The van der Waals surface area contributed by atoms with Crippen LogP contribution in [0.15, 0.2) is 6.07 Å². The molecule has 2 N–H and O–H groups in total. The lowest BCUT2D eigenvalue weighted by atomic mass is 10.2. The third-order valence-corrected chi connectivity index (χ3v) is 2.46. The maximum atomic E-state index is 13.4. The number of hydrogen-bond donors (Lipinski definition) is 1. The molecule has 6 heteroatoms. The van der Waals surface area contributed by atoms with Gasteiger partial charge in [0, 0.05) is 4.43 Å². The van der Waals surface area contributed by atoms with Gasteiger partial charge in [0.2, 0.25) is 0 Å². The Balaban J connectivity index is 3.06. The molecule has 1 aromatic heterocycles. The van der Waals surface area contributed by atoms with Gasteiger partial charge in [-0.05, 0) is 19.9 Å². The summed E-state index contributed by atoms with van der Waals surface area (Å²) in [5.41, 5.74) is 5.56. The number of carbonyl (C=O) groups is 1. The summed E-state index contributed by atoms with van der Waals surface area (Å²) in [6.45, 7) is 3.45. The number of carbonyl (C=O) groups excluding carboxylic acids is 1. The van der Waals surface area contributed by atoms with E-state index in [9.17, 15) is 9.18 Å². The van der Waals surface area contributed by atoms with E-state index in [1.807, 2.05) is 22.6 Å². The van der Waals surface area contributed by atoms with Crippen molar-refractivity contribution in [2.45, 2.75) is 24.4 Å². The van der Waals surface area contributed by atoms with Gasteiger partial charge in [-0.25, -0.2) is 14.2 Å². The first kappa shape index (κ1) is 13.1. The fourth-order valence-electron chi connectivity index (χ4n) is 1.07. The molecular formula is C10H12FIN2O2. The Morgan fingerprint density at radius 2 is 2.31 bits per heavy atom. The molecule has 1 aromatic rings. The molecule has 0 spiro atoms. The Hall–Kier alpha value is -0.920. The van der Waals surface area contributed by atoms with Gasteiger partial charge in [-0.1, -0.05) is 22.6 Å². The van der Waals surface area contributed by atoms with Crippen molar-refractivity contribution in [1.82, 2.24) is 4.98 Å². The van der Waals surface area contributed by atoms with Crippen LogP contribution in [0.25, 0.3) is 0 Å². The van der Waals surface area contributed by atoms with Crippen LogP contribution in [0.2, 0.25) is 0 Å². The number of halogens is 2. The molecule has 16 heavy (non-hydrogen) atoms. The molecule has 0 saturated carbocycles. The molecular weight excluding hydrogens is 326 g/mol. The van der Waals surface area contributed by atoms with Crippen LogP contribution in [0.4, 0.5) is 10.1 Å². The van der Waals surface area contributed by atoms with Crippen molar-refractivity contribution in [2.75, 3.05) is 5.73 Å². The van der Waals surface area contributed by atoms with E-state index < -0.39 is 11.8 Å². The first-order valence-electron chi connectivity index (χ1n) is 4.67. The molecule has 0 fully saturated rings. The van der Waals surface area contributed by atoms with Crippen LogP contribution in [-0.2, 0) is 9.16 Å². The minimum atomic E-state index is -0.590. The number of pyridine rings is 1. The van der Waals surface area contributed by atoms with Gasteiger partial charge in [0.1, 0.15) is 0 Å². The fourth-order valence-corrected chi connectivity index (χ4v) is 1.58. The molecule has 1 heterocycles. The van der Waals surface area contributed by atoms with E-state index in [1.165, 1.54) is 6.07 Å². The third kappa shape index (κ3) is 3.03. The summed E-state index contributed by atoms with van der Waals surface area (Å²) in [6.07, 6.45) is -0.247. The smallest absolute Gasteiger partial charge is 0.357 e. The number of aromatic nitrogens is 1. The fraction of sp³-hybridized carbons (Fsp3) is 0.400. The lowest BCUT2D eigenvalue weighted by molar-refractivity contribution is 0.0370. The van der Waals surface area contributed by atoms with E-state index in [1.54, 1.807) is 13.8 Å². The molecule has 88 valence electrons. The number of nitrogens with zero attached hydrogens (tertiary/aromatic N) is 1. The van der Waals surface area contributed by atoms with Crippen molar-refractivity contribution in [3.8, 4) is 0 Å². The second-order valence-electron chi connectivity index (χ2n) is 3.45. The summed E-state index contributed by atoms with van der Waals surface area (Å²) in [5.74, 6) is -1.16. The summed E-state index contributed by atoms with van der Waals surface area (Å²) in [4.78, 5) is 15.4. The van der Waals surface area contributed by atoms with Crippen molar-refractivity contribution in [3.05, 3.63) is 23.3 Å². The maximum Gasteiger partial charge on any atom is 0.357 e. The molecule has 0 amide bonds. The molecule has 1 rings (SSSR count). The van der Waals surface area contributed by atoms with Crippen molar-refractivity contribution >= 4 is 34.2 Å². The van der Waals surface area contributed by atoms with Gasteiger partial charge in [-0.15, -0.1) is 0 Å². The number of rotatable bonds is 3. The Morgan fingerprint density at radius 1 is 1.69 bits per heavy atom. The molecule has 0 atom stereocenters. The van der Waals surface area contributed by atoms with E-state index in [4.69, 9.17) is 10.5 Å². The third-order valence-electron chi connectivity index (χ3n) is 1.73. The van der Waals surface area contributed by atoms with Crippen LogP contribution in [0.3, 0.4) is 0 Å². The number of ether oxygens (including phenoxy) is 1. The van der Waals surface area contributed by atoms with Gasteiger partial charge >= 0.3 is 5.97 Å². The molecule has 0 radical (unpaired) electrons. The zero-order valence-corrected chi connectivity index (χ0v) is 11.1. The highest BCUT2D eigenvalue weighted by Crippen LogP contribution is 2.18. The summed E-state index contributed by atoms with van der Waals surface area (Å²) in [6, 6.07) is 1.19. The van der Waals surface area contributed by atoms with Gasteiger partial charge in [0.25, 0.3) is 0 Å². The highest BCUT2D eigenvalue weighted by Gasteiger charge is 2.16. The number of alkyl halides is 1. The van der Waals surface area contributed by atoms with Crippen molar-refractivity contribution in [3.63, 3.8) is 0 Å². The van der Waals surface area contributed by atoms with E-state index in [0.29, 0.717) is 4.43 Å². The molecule has 4 nitrogen and oxygen atoms in total. The summed E-state index contributed by atoms with van der Waals surface area (Å²) < 4.78 is 18.7. The van der Waals surface area contributed by atoms with Crippen LogP contribution < -0.4 is 5.73 Å². The second-order valence-corrected chi connectivity index (χ2v) is 4.21. The van der Waals surface area contributed by atoms with Gasteiger partial charge in [-0.3, -0.25) is 0 Å². The summed E-state index contributed by atoms with van der Waals surface area (Å²) in [5, 5.41) is 0. The average Bonchev–Trinajstić information content (AvgIpc) is 2.20. The van der Waals surface area contributed by atoms with Crippen LogP contribution in [-0.4, -0.2) is 17.1 Å². The SMILES string of the molecule is CC(C)OC(=O)c1cc(N)c(F)c(CI)n1. The van der Waals surface area contributed by atoms with Crippen LogP contribution >= 0.6 is 22.6 Å². The quantitative estimate of drug-likeness (QED) is 0.522. The van der Waals surface area contributed by atoms with E-state index in [0.717, 1.165) is 0 Å². The highest BCUT2D eigenvalue weighted by atomic mass is 127.